The van der Waals surface area contributed by atoms with Gasteiger partial charge in [-0.15, -0.1) is 0 Å². The average Bonchev–Trinajstić information content (AvgIpc) is 3.65. The predicted octanol–water partition coefficient (Wildman–Crippen LogP) is 5.26. The summed E-state index contributed by atoms with van der Waals surface area (Å²) < 4.78 is 33.7. The standard InChI is InChI=1S/C33H43F2IN8O/c1-21(45)42-13-8-30-28(20-42)33(39-44(30)25-6-11-41(12-7-25)19-23-5-9-37-17-29(23)36)43-10-3-4-22-14-26(24-16-38-40(2)18-24)27(32(34)35)15-31(22)43/h14-16,18,23,25,29,32,37H,3-13,17,19-20H2,1-2H3/t23-,29?/m1/s1. The fourth-order valence-electron chi connectivity index (χ4n) is 7.83. The Morgan fingerprint density at radius 2 is 1.96 bits per heavy atom. The van der Waals surface area contributed by atoms with Crippen molar-refractivity contribution in [1.82, 2.24) is 34.7 Å². The lowest BCUT2D eigenvalue weighted by molar-refractivity contribution is -0.129. The van der Waals surface area contributed by atoms with E-state index in [2.05, 4.69) is 47.5 Å². The largest absolute Gasteiger partial charge is 0.338 e. The molecule has 242 valence electrons. The maximum atomic E-state index is 14.6. The number of nitrogens with one attached hydrogen (secondary N) is 1. The summed E-state index contributed by atoms with van der Waals surface area (Å²) in [6, 6.07) is 3.91. The summed E-state index contributed by atoms with van der Waals surface area (Å²) >= 11 is 2.61. The number of aromatic nitrogens is 4. The van der Waals surface area contributed by atoms with E-state index in [4.69, 9.17) is 5.10 Å². The molecule has 4 aliphatic rings. The highest BCUT2D eigenvalue weighted by Gasteiger charge is 2.35. The molecule has 3 aromatic rings. The van der Waals surface area contributed by atoms with E-state index < -0.39 is 6.43 Å². The summed E-state index contributed by atoms with van der Waals surface area (Å²) in [7, 11) is 1.80. The monoisotopic (exact) mass is 732 g/mol. The first-order chi connectivity index (χ1) is 21.8. The van der Waals surface area contributed by atoms with Crippen LogP contribution in [0.4, 0.5) is 20.3 Å². The van der Waals surface area contributed by atoms with Gasteiger partial charge in [0.15, 0.2) is 5.82 Å². The molecule has 0 radical (unpaired) electrons. The molecule has 2 fully saturated rings. The second kappa shape index (κ2) is 12.9. The van der Waals surface area contributed by atoms with Crippen molar-refractivity contribution in [2.45, 2.75) is 68.4 Å². The van der Waals surface area contributed by atoms with E-state index in [-0.39, 0.29) is 11.5 Å². The zero-order valence-electron chi connectivity index (χ0n) is 26.2. The third-order valence-electron chi connectivity index (χ3n) is 10.3. The molecule has 45 heavy (non-hydrogen) atoms. The molecule has 1 unspecified atom stereocenters. The number of carbonyl (C=O) groups excluding carboxylic acids is 1. The lowest BCUT2D eigenvalue weighted by atomic mass is 9.92. The number of rotatable bonds is 6. The molecule has 6 heterocycles. The summed E-state index contributed by atoms with van der Waals surface area (Å²) in [4.78, 5) is 19.2. The molecular formula is C33H43F2IN8O. The molecule has 12 heteroatoms. The van der Waals surface area contributed by atoms with Gasteiger partial charge in [-0.1, -0.05) is 22.6 Å². The Labute approximate surface area is 277 Å². The number of halogens is 3. The van der Waals surface area contributed by atoms with Crippen LogP contribution in [0.1, 0.15) is 67.5 Å². The van der Waals surface area contributed by atoms with Gasteiger partial charge in [0.1, 0.15) is 0 Å². The predicted molar refractivity (Wildman–Crippen MR) is 179 cm³/mol. The van der Waals surface area contributed by atoms with Gasteiger partial charge in [0.2, 0.25) is 5.91 Å². The molecule has 0 aliphatic carbocycles. The van der Waals surface area contributed by atoms with Gasteiger partial charge in [0.25, 0.3) is 6.43 Å². The maximum Gasteiger partial charge on any atom is 0.264 e. The van der Waals surface area contributed by atoms with E-state index in [1.165, 1.54) is 12.1 Å². The van der Waals surface area contributed by atoms with Crippen LogP contribution >= 0.6 is 22.6 Å². The minimum Gasteiger partial charge on any atom is -0.338 e. The number of hydrogen-bond acceptors (Lipinski definition) is 6. The second-order valence-electron chi connectivity index (χ2n) is 13.2. The Hall–Kier alpha value is -2.58. The molecule has 1 amide bonds. The van der Waals surface area contributed by atoms with Gasteiger partial charge in [0, 0.05) is 97.9 Å². The molecule has 2 saturated heterocycles. The van der Waals surface area contributed by atoms with Crippen LogP contribution in [0, 0.1) is 5.92 Å². The molecule has 9 nitrogen and oxygen atoms in total. The van der Waals surface area contributed by atoms with Crippen molar-refractivity contribution in [2.75, 3.05) is 50.7 Å². The van der Waals surface area contributed by atoms with Gasteiger partial charge in [-0.2, -0.15) is 10.2 Å². The quantitative estimate of drug-likeness (QED) is 0.276. The van der Waals surface area contributed by atoms with Crippen molar-refractivity contribution in [3.8, 4) is 11.1 Å². The highest BCUT2D eigenvalue weighted by Crippen LogP contribution is 2.43. The lowest BCUT2D eigenvalue weighted by Crippen LogP contribution is -2.45. The van der Waals surface area contributed by atoms with Crippen LogP contribution in [0.2, 0.25) is 0 Å². The summed E-state index contributed by atoms with van der Waals surface area (Å²) in [6.45, 7) is 9.01. The Kier molecular flexibility index (Phi) is 8.90. The fraction of sp³-hybridized carbons (Fsp3) is 0.606. The number of benzene rings is 1. The van der Waals surface area contributed by atoms with Gasteiger partial charge in [0.05, 0.1) is 18.8 Å². The third kappa shape index (κ3) is 6.14. The van der Waals surface area contributed by atoms with E-state index in [0.717, 1.165) is 93.4 Å². The third-order valence-corrected chi connectivity index (χ3v) is 11.8. The zero-order chi connectivity index (χ0) is 31.2. The van der Waals surface area contributed by atoms with Crippen LogP contribution in [0.5, 0.6) is 0 Å². The van der Waals surface area contributed by atoms with Gasteiger partial charge >= 0.3 is 0 Å². The van der Waals surface area contributed by atoms with E-state index in [0.29, 0.717) is 40.7 Å². The average molecular weight is 733 g/mol. The van der Waals surface area contributed by atoms with Crippen molar-refractivity contribution in [3.05, 3.63) is 46.9 Å². The van der Waals surface area contributed by atoms with Gasteiger partial charge in [-0.25, -0.2) is 8.78 Å². The van der Waals surface area contributed by atoms with Crippen LogP contribution in [0.25, 0.3) is 11.1 Å². The molecule has 4 aliphatic heterocycles. The first-order valence-electron chi connectivity index (χ1n) is 16.4. The molecule has 7 rings (SSSR count). The second-order valence-corrected chi connectivity index (χ2v) is 14.8. The minimum atomic E-state index is -2.62. The summed E-state index contributed by atoms with van der Waals surface area (Å²) in [5, 5.41) is 13.1. The summed E-state index contributed by atoms with van der Waals surface area (Å²) in [6.07, 6.45) is 6.63. The van der Waals surface area contributed by atoms with E-state index in [1.54, 1.807) is 37.1 Å². The van der Waals surface area contributed by atoms with Crippen molar-refractivity contribution in [2.24, 2.45) is 13.0 Å². The number of likely N-dealkylation sites (tertiary alicyclic amines) is 1. The van der Waals surface area contributed by atoms with Crippen molar-refractivity contribution in [3.63, 3.8) is 0 Å². The molecular weight excluding hydrogens is 689 g/mol. The Morgan fingerprint density at radius 1 is 1.13 bits per heavy atom. The molecule has 1 N–H and O–H groups in total. The number of alkyl halides is 3. The van der Waals surface area contributed by atoms with Gasteiger partial charge in [-0.3, -0.25) is 14.2 Å². The molecule has 0 saturated carbocycles. The number of anilines is 2. The number of carbonyl (C=O) groups is 1. The van der Waals surface area contributed by atoms with E-state index >= 15 is 0 Å². The summed E-state index contributed by atoms with van der Waals surface area (Å²) in [5.41, 5.74) is 5.39. The number of piperidine rings is 2. The topological polar surface area (TPSA) is 74.5 Å². The van der Waals surface area contributed by atoms with Crippen LogP contribution in [-0.4, -0.2) is 85.0 Å². The molecule has 2 atom stereocenters. The number of nitrogens with zero attached hydrogens (tertiary/aromatic N) is 7. The normalized spacial score (nSPS) is 23.0. The first-order valence-corrected chi connectivity index (χ1v) is 17.7. The Morgan fingerprint density at radius 3 is 2.67 bits per heavy atom. The fourth-order valence-corrected chi connectivity index (χ4v) is 8.73. The number of fused-ring (bicyclic) bond motifs is 2. The van der Waals surface area contributed by atoms with Crippen molar-refractivity contribution in [1.29, 1.82) is 0 Å². The SMILES string of the molecule is CC(=O)N1CCc2c(c(N3CCCc4cc(-c5cnn(C)c5)c(C(F)F)cc43)nn2C2CCN(C[C@H]3CCNCC3I)CC2)C1. The smallest absolute Gasteiger partial charge is 0.264 e. The molecule has 1 aromatic carbocycles. The van der Waals surface area contributed by atoms with Crippen molar-refractivity contribution >= 4 is 40.0 Å². The maximum absolute atomic E-state index is 14.6. The summed E-state index contributed by atoms with van der Waals surface area (Å²) in [5.74, 6) is 1.62. The number of aryl methyl sites for hydroxylation is 2. The molecule has 0 spiro atoms. The molecule has 2 aromatic heterocycles. The minimum absolute atomic E-state index is 0.0159. The first kappa shape index (κ1) is 31.0. The highest BCUT2D eigenvalue weighted by molar-refractivity contribution is 14.1. The van der Waals surface area contributed by atoms with Gasteiger partial charge in [-0.05, 0) is 67.8 Å². The van der Waals surface area contributed by atoms with Crippen LogP contribution in [0.3, 0.4) is 0 Å². The Bertz CT molecular complexity index is 1550. The van der Waals surface area contributed by atoms with Crippen LogP contribution < -0.4 is 10.2 Å². The molecule has 0 bridgehead atoms. The van der Waals surface area contributed by atoms with Crippen LogP contribution in [0.15, 0.2) is 24.5 Å². The van der Waals surface area contributed by atoms with E-state index in [1.807, 2.05) is 11.0 Å². The lowest BCUT2D eigenvalue weighted by Gasteiger charge is -2.37. The Balaban J connectivity index is 1.21. The van der Waals surface area contributed by atoms with Gasteiger partial charge < -0.3 is 20.0 Å². The van der Waals surface area contributed by atoms with E-state index in [9.17, 15) is 13.6 Å². The zero-order valence-corrected chi connectivity index (χ0v) is 28.3. The van der Waals surface area contributed by atoms with Crippen molar-refractivity contribution < 1.29 is 13.6 Å². The number of hydrogen-bond donors (Lipinski definition) is 1. The highest BCUT2D eigenvalue weighted by atomic mass is 127. The number of amides is 1. The van der Waals surface area contributed by atoms with Crippen LogP contribution in [-0.2, 0) is 31.2 Å².